The Kier molecular flexibility index (Phi) is 8.01. The number of rotatable bonds is 6. The van der Waals surface area contributed by atoms with Gasteiger partial charge >= 0.3 is 0 Å². The molecule has 0 saturated carbocycles. The molecule has 0 aliphatic heterocycles. The minimum atomic E-state index is -0.356. The highest BCUT2D eigenvalue weighted by atomic mass is 31.1. The van der Waals surface area contributed by atoms with Crippen LogP contribution >= 0.6 is 7.92 Å². The zero-order valence-electron chi connectivity index (χ0n) is 21.5. The van der Waals surface area contributed by atoms with E-state index in [1.54, 1.807) is 5.30 Å². The molecular weight excluding hydrogens is 379 g/mol. The first kappa shape index (κ1) is 25.1. The lowest BCUT2D eigenvalue weighted by atomic mass is 9.84. The van der Waals surface area contributed by atoms with E-state index in [1.165, 1.54) is 34.2 Å². The van der Waals surface area contributed by atoms with Crippen molar-refractivity contribution in [2.45, 2.75) is 111 Å². The van der Waals surface area contributed by atoms with E-state index in [9.17, 15) is 0 Å². The molecule has 0 bridgehead atoms. The van der Waals surface area contributed by atoms with Gasteiger partial charge in [0.2, 0.25) is 0 Å². The summed E-state index contributed by atoms with van der Waals surface area (Å²) in [7, 11) is -0.356. The molecule has 0 heterocycles. The second-order valence-electron chi connectivity index (χ2n) is 11.4. The van der Waals surface area contributed by atoms with Gasteiger partial charge in [-0.25, -0.2) is 0 Å². The van der Waals surface area contributed by atoms with Crippen LogP contribution < -0.4 is 5.30 Å². The van der Waals surface area contributed by atoms with Gasteiger partial charge in [0.05, 0.1) is 0 Å². The average molecular weight is 425 g/mol. The van der Waals surface area contributed by atoms with Gasteiger partial charge in [0.15, 0.2) is 0 Å². The summed E-state index contributed by atoms with van der Waals surface area (Å²) in [6, 6.07) is 14.3. The Morgan fingerprint density at radius 2 is 1.37 bits per heavy atom. The number of hydrogen-bond donors (Lipinski definition) is 0. The van der Waals surface area contributed by atoms with Crippen LogP contribution in [-0.4, -0.2) is 10.3 Å². The molecule has 0 aromatic heterocycles. The van der Waals surface area contributed by atoms with E-state index >= 15 is 0 Å². The Morgan fingerprint density at radius 3 is 1.83 bits per heavy atom. The SMILES string of the molecule is CCCc1cc(C(C)C)cc(C(C)C)c1-c1ccccc1P(C(C)(C)C)C(C)(C)C. The molecule has 0 amide bonds. The summed E-state index contributed by atoms with van der Waals surface area (Å²) < 4.78 is 0. The molecule has 0 spiro atoms. The van der Waals surface area contributed by atoms with Crippen LogP contribution in [0.3, 0.4) is 0 Å². The normalized spacial score (nSPS) is 13.0. The van der Waals surface area contributed by atoms with Crippen LogP contribution in [0.4, 0.5) is 0 Å². The Balaban J connectivity index is 2.92. The molecule has 0 unspecified atom stereocenters. The maximum absolute atomic E-state index is 2.50. The Bertz CT molecular complexity index is 830. The average Bonchev–Trinajstić information content (AvgIpc) is 2.59. The summed E-state index contributed by atoms with van der Waals surface area (Å²) in [6.07, 6.45) is 2.33. The maximum Gasteiger partial charge on any atom is -0.0101 e. The molecule has 30 heavy (non-hydrogen) atoms. The minimum Gasteiger partial charge on any atom is -0.0651 e. The third-order valence-electron chi connectivity index (χ3n) is 5.84. The van der Waals surface area contributed by atoms with E-state index in [4.69, 9.17) is 0 Å². The van der Waals surface area contributed by atoms with Crippen molar-refractivity contribution in [2.24, 2.45) is 0 Å². The number of benzene rings is 2. The first-order chi connectivity index (χ1) is 13.8. The van der Waals surface area contributed by atoms with Crippen molar-refractivity contribution in [3.05, 3.63) is 53.1 Å². The third kappa shape index (κ3) is 5.56. The lowest BCUT2D eigenvalue weighted by Crippen LogP contribution is -2.32. The second-order valence-corrected chi connectivity index (χ2v) is 15.2. The van der Waals surface area contributed by atoms with E-state index in [-0.39, 0.29) is 18.2 Å². The van der Waals surface area contributed by atoms with Crippen LogP contribution in [0, 0.1) is 0 Å². The standard InChI is InChI=1S/C29H45P/c1-12-15-22-18-23(20(2)3)19-25(21(4)5)27(22)24-16-13-14-17-26(24)30(28(6,7)8)29(9,10)11/h13-14,16-21H,12,15H2,1-11H3. The molecule has 0 fully saturated rings. The van der Waals surface area contributed by atoms with Crippen LogP contribution in [0.2, 0.25) is 0 Å². The zero-order chi connectivity index (χ0) is 22.9. The van der Waals surface area contributed by atoms with E-state index in [0.717, 1.165) is 6.42 Å². The van der Waals surface area contributed by atoms with Crippen LogP contribution in [0.5, 0.6) is 0 Å². The summed E-state index contributed by atoms with van der Waals surface area (Å²) in [4.78, 5) is 0. The maximum atomic E-state index is 2.50. The molecule has 0 nitrogen and oxygen atoms in total. The van der Waals surface area contributed by atoms with Crippen LogP contribution in [-0.2, 0) is 6.42 Å². The Labute approximate surface area is 188 Å². The monoisotopic (exact) mass is 424 g/mol. The number of aryl methyl sites for hydroxylation is 1. The minimum absolute atomic E-state index is 0.254. The molecule has 0 atom stereocenters. The summed E-state index contributed by atoms with van der Waals surface area (Å²) >= 11 is 0. The summed E-state index contributed by atoms with van der Waals surface area (Å²) in [5, 5.41) is 2.08. The smallest absolute Gasteiger partial charge is 0.0101 e. The van der Waals surface area contributed by atoms with E-state index < -0.39 is 0 Å². The molecule has 0 saturated heterocycles. The van der Waals surface area contributed by atoms with Gasteiger partial charge in [-0.15, -0.1) is 0 Å². The second kappa shape index (κ2) is 9.56. The summed E-state index contributed by atoms with van der Waals surface area (Å²) in [5.41, 5.74) is 7.55. The molecule has 166 valence electrons. The molecule has 2 aromatic rings. The fourth-order valence-electron chi connectivity index (χ4n) is 4.94. The fourth-order valence-corrected chi connectivity index (χ4v) is 9.07. The molecule has 2 rings (SSSR count). The van der Waals surface area contributed by atoms with Crippen molar-refractivity contribution < 1.29 is 0 Å². The van der Waals surface area contributed by atoms with Gasteiger partial charge < -0.3 is 0 Å². The molecule has 2 aromatic carbocycles. The van der Waals surface area contributed by atoms with Crippen LogP contribution in [0.15, 0.2) is 36.4 Å². The first-order valence-corrected chi connectivity index (χ1v) is 13.2. The van der Waals surface area contributed by atoms with Gasteiger partial charge in [-0.3, -0.25) is 0 Å². The Morgan fingerprint density at radius 1 is 0.800 bits per heavy atom. The number of hydrogen-bond acceptors (Lipinski definition) is 0. The van der Waals surface area contributed by atoms with E-state index in [0.29, 0.717) is 11.8 Å². The Hall–Kier alpha value is -1.13. The first-order valence-electron chi connectivity index (χ1n) is 11.9. The van der Waals surface area contributed by atoms with Gasteiger partial charge in [-0.2, -0.15) is 0 Å². The summed E-state index contributed by atoms with van der Waals surface area (Å²) in [6.45, 7) is 26.2. The molecule has 0 aliphatic carbocycles. The van der Waals surface area contributed by atoms with Crippen LogP contribution in [0.25, 0.3) is 11.1 Å². The topological polar surface area (TPSA) is 0 Å². The van der Waals surface area contributed by atoms with Gasteiger partial charge in [0.25, 0.3) is 0 Å². The quantitative estimate of drug-likeness (QED) is 0.405. The van der Waals surface area contributed by atoms with Crippen LogP contribution in [0.1, 0.15) is 111 Å². The third-order valence-corrected chi connectivity index (χ3v) is 9.39. The predicted molar refractivity (Wildman–Crippen MR) is 140 cm³/mol. The highest BCUT2D eigenvalue weighted by Gasteiger charge is 2.37. The van der Waals surface area contributed by atoms with Crippen molar-refractivity contribution in [2.75, 3.05) is 0 Å². The van der Waals surface area contributed by atoms with Crippen molar-refractivity contribution in [1.29, 1.82) is 0 Å². The zero-order valence-corrected chi connectivity index (χ0v) is 22.4. The van der Waals surface area contributed by atoms with Crippen molar-refractivity contribution in [1.82, 2.24) is 0 Å². The molecule has 0 radical (unpaired) electrons. The van der Waals surface area contributed by atoms with Crippen molar-refractivity contribution >= 4 is 13.2 Å². The molecule has 1 heteroatoms. The highest BCUT2D eigenvalue weighted by Crippen LogP contribution is 2.59. The predicted octanol–water partition coefficient (Wildman–Crippen LogP) is 9.26. The van der Waals surface area contributed by atoms with Crippen molar-refractivity contribution in [3.63, 3.8) is 0 Å². The van der Waals surface area contributed by atoms with E-state index in [2.05, 4.69) is 113 Å². The van der Waals surface area contributed by atoms with Gasteiger partial charge in [0, 0.05) is 0 Å². The summed E-state index contributed by atoms with van der Waals surface area (Å²) in [5.74, 6) is 1.07. The molecule has 0 aliphatic rings. The fraction of sp³-hybridized carbons (Fsp3) is 0.586. The lowest BCUT2D eigenvalue weighted by Gasteiger charge is -2.43. The molecular formula is C29H45P. The van der Waals surface area contributed by atoms with E-state index in [1.807, 2.05) is 0 Å². The molecule has 0 N–H and O–H groups in total. The largest absolute Gasteiger partial charge is 0.0651 e. The van der Waals surface area contributed by atoms with Crippen molar-refractivity contribution in [3.8, 4) is 11.1 Å². The van der Waals surface area contributed by atoms with Gasteiger partial charge in [0.1, 0.15) is 0 Å². The van der Waals surface area contributed by atoms with Gasteiger partial charge in [-0.05, 0) is 61.7 Å². The highest BCUT2D eigenvalue weighted by molar-refractivity contribution is 7.68. The lowest BCUT2D eigenvalue weighted by molar-refractivity contribution is 0.715. The van der Waals surface area contributed by atoms with Gasteiger partial charge in [-0.1, -0.05) is 127 Å².